The van der Waals surface area contributed by atoms with Gasteiger partial charge in [-0.1, -0.05) is 6.07 Å². The van der Waals surface area contributed by atoms with E-state index in [9.17, 15) is 4.79 Å². The van der Waals surface area contributed by atoms with E-state index in [1.165, 1.54) is 6.33 Å². The Morgan fingerprint density at radius 3 is 2.72 bits per heavy atom. The summed E-state index contributed by atoms with van der Waals surface area (Å²) in [6, 6.07) is 9.13. The molecular formula is C22H25N9O. The maximum Gasteiger partial charge on any atom is 0.251 e. The summed E-state index contributed by atoms with van der Waals surface area (Å²) in [5.74, 6) is 2.22. The Morgan fingerprint density at radius 2 is 1.97 bits per heavy atom. The van der Waals surface area contributed by atoms with Crippen LogP contribution in [-0.4, -0.2) is 46.2 Å². The quantitative estimate of drug-likeness (QED) is 0.438. The monoisotopic (exact) mass is 431 g/mol. The third-order valence-corrected chi connectivity index (χ3v) is 5.14. The number of nitrogens with one attached hydrogen (secondary N) is 2. The maximum atomic E-state index is 12.7. The number of nitrogens with zero attached hydrogens (tertiary/aromatic N) is 7. The number of hydrogen-bond acceptors (Lipinski definition) is 7. The molecule has 0 radical (unpaired) electrons. The summed E-state index contributed by atoms with van der Waals surface area (Å²) >= 11 is 0. The van der Waals surface area contributed by atoms with Gasteiger partial charge in [-0.15, -0.1) is 10.2 Å². The first-order valence-electron chi connectivity index (χ1n) is 10.3. The van der Waals surface area contributed by atoms with Gasteiger partial charge >= 0.3 is 0 Å². The molecule has 32 heavy (non-hydrogen) atoms. The molecule has 4 rings (SSSR count). The largest absolute Gasteiger partial charge is 0.378 e. The van der Waals surface area contributed by atoms with Gasteiger partial charge in [0, 0.05) is 56.4 Å². The standard InChI is InChI=1S/C22H25N9O/c1-15(11-19-24-9-10-30(19)2)27-22(32)16-5-4-6-17(12-16)25-13-20-28-29-21(31(20)3)18-7-8-23-14-26-18/h4-10,12,14-15,25H,11,13H2,1-3H3,(H,27,32). The first-order chi connectivity index (χ1) is 15.5. The molecule has 164 valence electrons. The summed E-state index contributed by atoms with van der Waals surface area (Å²) in [6.07, 6.45) is 7.46. The van der Waals surface area contributed by atoms with Gasteiger partial charge in [0.1, 0.15) is 17.8 Å². The van der Waals surface area contributed by atoms with Crippen LogP contribution in [-0.2, 0) is 27.1 Å². The number of anilines is 1. The van der Waals surface area contributed by atoms with E-state index in [0.717, 1.165) is 17.3 Å². The van der Waals surface area contributed by atoms with Gasteiger partial charge in [0.25, 0.3) is 5.91 Å². The summed E-state index contributed by atoms with van der Waals surface area (Å²) in [5.41, 5.74) is 2.11. The minimum atomic E-state index is -0.125. The Bertz CT molecular complexity index is 1200. The lowest BCUT2D eigenvalue weighted by atomic mass is 10.1. The predicted molar refractivity (Wildman–Crippen MR) is 120 cm³/mol. The SMILES string of the molecule is CC(Cc1nccn1C)NC(=O)c1cccc(NCc2nnc(-c3ccncn3)n2C)c1. The highest BCUT2D eigenvalue weighted by Gasteiger charge is 2.14. The molecule has 0 aliphatic rings. The number of amides is 1. The molecule has 1 amide bonds. The molecule has 0 aliphatic carbocycles. The van der Waals surface area contributed by atoms with E-state index in [1.54, 1.807) is 24.5 Å². The van der Waals surface area contributed by atoms with E-state index in [2.05, 4.69) is 35.8 Å². The minimum absolute atomic E-state index is 0.0425. The van der Waals surface area contributed by atoms with Crippen molar-refractivity contribution in [2.24, 2.45) is 14.1 Å². The number of hydrogen-bond donors (Lipinski definition) is 2. The number of carbonyl (C=O) groups is 1. The Morgan fingerprint density at radius 1 is 1.09 bits per heavy atom. The normalized spacial score (nSPS) is 11.8. The molecule has 3 aromatic heterocycles. The molecule has 0 bridgehead atoms. The van der Waals surface area contributed by atoms with Crippen LogP contribution in [0.3, 0.4) is 0 Å². The van der Waals surface area contributed by atoms with Gasteiger partial charge in [0.05, 0.1) is 6.54 Å². The zero-order valence-electron chi connectivity index (χ0n) is 18.2. The molecule has 10 nitrogen and oxygen atoms in total. The van der Waals surface area contributed by atoms with Gasteiger partial charge < -0.3 is 19.8 Å². The molecule has 0 saturated heterocycles. The smallest absolute Gasteiger partial charge is 0.251 e. The average molecular weight is 432 g/mol. The number of imidazole rings is 1. The second-order valence-electron chi connectivity index (χ2n) is 7.56. The van der Waals surface area contributed by atoms with Crippen LogP contribution in [0.5, 0.6) is 0 Å². The molecule has 0 fully saturated rings. The van der Waals surface area contributed by atoms with E-state index < -0.39 is 0 Å². The molecule has 1 aromatic carbocycles. The minimum Gasteiger partial charge on any atom is -0.378 e. The summed E-state index contributed by atoms with van der Waals surface area (Å²) in [5, 5.41) is 14.8. The molecule has 3 heterocycles. The summed E-state index contributed by atoms with van der Waals surface area (Å²) in [7, 11) is 3.83. The third kappa shape index (κ3) is 4.80. The van der Waals surface area contributed by atoms with Crippen molar-refractivity contribution in [1.29, 1.82) is 0 Å². The Kier molecular flexibility index (Phi) is 6.20. The summed E-state index contributed by atoms with van der Waals surface area (Å²) in [4.78, 5) is 25.2. The van der Waals surface area contributed by atoms with Crippen LogP contribution in [0.1, 0.15) is 28.9 Å². The van der Waals surface area contributed by atoms with Gasteiger partial charge in [-0.3, -0.25) is 4.79 Å². The molecular weight excluding hydrogens is 406 g/mol. The van der Waals surface area contributed by atoms with E-state index in [0.29, 0.717) is 30.0 Å². The Balaban J connectivity index is 1.38. The topological polar surface area (TPSA) is 115 Å². The summed E-state index contributed by atoms with van der Waals surface area (Å²) < 4.78 is 3.83. The van der Waals surface area contributed by atoms with Crippen molar-refractivity contribution in [3.63, 3.8) is 0 Å². The molecule has 2 N–H and O–H groups in total. The van der Waals surface area contributed by atoms with Crippen LogP contribution in [0, 0.1) is 0 Å². The van der Waals surface area contributed by atoms with Crippen molar-refractivity contribution in [1.82, 2.24) is 39.6 Å². The molecule has 0 aliphatic heterocycles. The predicted octanol–water partition coefficient (Wildman–Crippen LogP) is 1.98. The fourth-order valence-corrected chi connectivity index (χ4v) is 3.34. The maximum absolute atomic E-state index is 12.7. The fourth-order valence-electron chi connectivity index (χ4n) is 3.34. The number of aromatic nitrogens is 7. The van der Waals surface area contributed by atoms with Crippen molar-refractivity contribution in [2.75, 3.05) is 5.32 Å². The highest BCUT2D eigenvalue weighted by atomic mass is 16.1. The lowest BCUT2D eigenvalue weighted by Crippen LogP contribution is -2.34. The van der Waals surface area contributed by atoms with Crippen LogP contribution < -0.4 is 10.6 Å². The Hall–Kier alpha value is -4.08. The number of aryl methyl sites for hydroxylation is 1. The van der Waals surface area contributed by atoms with Gasteiger partial charge in [-0.05, 0) is 31.2 Å². The van der Waals surface area contributed by atoms with E-state index in [1.807, 2.05) is 54.5 Å². The van der Waals surface area contributed by atoms with Gasteiger partial charge in [0.15, 0.2) is 11.6 Å². The second-order valence-corrected chi connectivity index (χ2v) is 7.56. The van der Waals surface area contributed by atoms with Crippen molar-refractivity contribution < 1.29 is 4.79 Å². The number of carbonyl (C=O) groups excluding carboxylic acids is 1. The second kappa shape index (κ2) is 9.38. The van der Waals surface area contributed by atoms with Crippen molar-refractivity contribution >= 4 is 11.6 Å². The molecule has 0 saturated carbocycles. The lowest BCUT2D eigenvalue weighted by molar-refractivity contribution is 0.0939. The molecule has 1 unspecified atom stereocenters. The highest BCUT2D eigenvalue weighted by molar-refractivity contribution is 5.95. The van der Waals surface area contributed by atoms with Gasteiger partial charge in [-0.2, -0.15) is 0 Å². The molecule has 4 aromatic rings. The van der Waals surface area contributed by atoms with E-state index in [4.69, 9.17) is 0 Å². The van der Waals surface area contributed by atoms with Crippen LogP contribution in [0.2, 0.25) is 0 Å². The van der Waals surface area contributed by atoms with Crippen LogP contribution in [0.15, 0.2) is 55.2 Å². The highest BCUT2D eigenvalue weighted by Crippen LogP contribution is 2.16. The first-order valence-corrected chi connectivity index (χ1v) is 10.3. The van der Waals surface area contributed by atoms with Crippen LogP contribution in [0.25, 0.3) is 11.5 Å². The van der Waals surface area contributed by atoms with E-state index >= 15 is 0 Å². The van der Waals surface area contributed by atoms with Crippen molar-refractivity contribution in [3.8, 4) is 11.5 Å². The third-order valence-electron chi connectivity index (χ3n) is 5.14. The zero-order chi connectivity index (χ0) is 22.5. The van der Waals surface area contributed by atoms with Crippen molar-refractivity contribution in [2.45, 2.75) is 25.9 Å². The number of rotatable bonds is 8. The summed E-state index contributed by atoms with van der Waals surface area (Å²) in [6.45, 7) is 2.42. The fraction of sp³-hybridized carbons (Fsp3) is 0.273. The van der Waals surface area contributed by atoms with Gasteiger partial charge in [-0.25, -0.2) is 15.0 Å². The lowest BCUT2D eigenvalue weighted by Gasteiger charge is -2.14. The Labute approximate surface area is 185 Å². The zero-order valence-corrected chi connectivity index (χ0v) is 18.2. The van der Waals surface area contributed by atoms with Crippen molar-refractivity contribution in [3.05, 3.63) is 72.5 Å². The number of benzene rings is 1. The van der Waals surface area contributed by atoms with Crippen LogP contribution in [0.4, 0.5) is 5.69 Å². The molecule has 0 spiro atoms. The molecule has 1 atom stereocenters. The van der Waals surface area contributed by atoms with Crippen LogP contribution >= 0.6 is 0 Å². The van der Waals surface area contributed by atoms with Gasteiger partial charge in [0.2, 0.25) is 0 Å². The average Bonchev–Trinajstić information content (AvgIpc) is 3.38. The van der Waals surface area contributed by atoms with E-state index in [-0.39, 0.29) is 11.9 Å². The molecule has 10 heteroatoms. The first kappa shape index (κ1) is 21.2.